The zero-order chi connectivity index (χ0) is 13.9. The number of fused-ring (bicyclic) bond motifs is 1. The minimum absolute atomic E-state index is 0.194. The second-order valence-corrected chi connectivity index (χ2v) is 5.51. The number of halogens is 1. The quantitative estimate of drug-likeness (QED) is 0.793. The molecule has 0 saturated carbocycles. The number of hydrogen-bond acceptors (Lipinski definition) is 4. The Bertz CT molecular complexity index is 739. The van der Waals surface area contributed by atoms with Crippen molar-refractivity contribution in [2.45, 2.75) is 13.3 Å². The molecule has 0 spiro atoms. The van der Waals surface area contributed by atoms with E-state index < -0.39 is 0 Å². The van der Waals surface area contributed by atoms with Gasteiger partial charge in [0.1, 0.15) is 18.0 Å². The van der Waals surface area contributed by atoms with Crippen LogP contribution in [-0.2, 0) is 6.42 Å². The first-order valence-electron chi connectivity index (χ1n) is 6.41. The van der Waals surface area contributed by atoms with Crippen molar-refractivity contribution in [3.8, 4) is 0 Å². The van der Waals surface area contributed by atoms with Crippen LogP contribution in [0.25, 0.3) is 10.2 Å². The standard InChI is InChI=1S/C15H14FN3S/c1-10-8-20-14-13(10)18-9-19-15(14)17-6-5-11-3-2-4-12(16)7-11/h2-4,7-9H,5-6H2,1H3,(H,17,18,19). The van der Waals surface area contributed by atoms with Crippen LogP contribution in [0.3, 0.4) is 0 Å². The third kappa shape index (κ3) is 2.63. The van der Waals surface area contributed by atoms with E-state index in [-0.39, 0.29) is 5.82 Å². The number of nitrogens with one attached hydrogen (secondary N) is 1. The zero-order valence-corrected chi connectivity index (χ0v) is 11.9. The van der Waals surface area contributed by atoms with Crippen LogP contribution >= 0.6 is 11.3 Å². The third-order valence-corrected chi connectivity index (χ3v) is 4.22. The fraction of sp³-hybridized carbons (Fsp3) is 0.200. The molecule has 3 aromatic rings. The Hall–Kier alpha value is -2.01. The summed E-state index contributed by atoms with van der Waals surface area (Å²) in [5, 5.41) is 5.39. The minimum Gasteiger partial charge on any atom is -0.368 e. The summed E-state index contributed by atoms with van der Waals surface area (Å²) in [7, 11) is 0. The summed E-state index contributed by atoms with van der Waals surface area (Å²) in [5.41, 5.74) is 3.14. The predicted molar refractivity (Wildman–Crippen MR) is 80.7 cm³/mol. The number of thiophene rings is 1. The van der Waals surface area contributed by atoms with Gasteiger partial charge >= 0.3 is 0 Å². The molecule has 20 heavy (non-hydrogen) atoms. The van der Waals surface area contributed by atoms with Crippen molar-refractivity contribution in [3.63, 3.8) is 0 Å². The van der Waals surface area contributed by atoms with E-state index in [9.17, 15) is 4.39 Å². The fourth-order valence-electron chi connectivity index (χ4n) is 2.11. The highest BCUT2D eigenvalue weighted by atomic mass is 32.1. The number of rotatable bonds is 4. The monoisotopic (exact) mass is 287 g/mol. The van der Waals surface area contributed by atoms with Gasteiger partial charge < -0.3 is 5.32 Å². The van der Waals surface area contributed by atoms with Crippen LogP contribution in [0.15, 0.2) is 36.0 Å². The van der Waals surface area contributed by atoms with Crippen LogP contribution in [0.5, 0.6) is 0 Å². The first kappa shape index (κ1) is 13.0. The van der Waals surface area contributed by atoms with Gasteiger partial charge in [0.2, 0.25) is 0 Å². The Kier molecular flexibility index (Phi) is 3.60. The van der Waals surface area contributed by atoms with Crippen LogP contribution in [0.4, 0.5) is 10.2 Å². The molecule has 0 saturated heterocycles. The summed E-state index contributed by atoms with van der Waals surface area (Å²) < 4.78 is 14.2. The molecule has 5 heteroatoms. The SMILES string of the molecule is Cc1csc2c(NCCc3cccc(F)c3)ncnc12. The Morgan fingerprint density at radius 1 is 1.30 bits per heavy atom. The summed E-state index contributed by atoms with van der Waals surface area (Å²) >= 11 is 1.64. The third-order valence-electron chi connectivity index (χ3n) is 3.13. The van der Waals surface area contributed by atoms with Gasteiger partial charge in [-0.2, -0.15) is 0 Å². The second kappa shape index (κ2) is 5.54. The maximum Gasteiger partial charge on any atom is 0.147 e. The Morgan fingerprint density at radius 3 is 3.05 bits per heavy atom. The van der Waals surface area contributed by atoms with Crippen molar-refractivity contribution in [2.24, 2.45) is 0 Å². The number of hydrogen-bond donors (Lipinski definition) is 1. The Balaban J connectivity index is 1.71. The highest BCUT2D eigenvalue weighted by molar-refractivity contribution is 7.18. The Morgan fingerprint density at radius 2 is 2.20 bits per heavy atom. The predicted octanol–water partition coefficient (Wildman–Crippen LogP) is 3.79. The first-order valence-corrected chi connectivity index (χ1v) is 7.29. The molecule has 0 amide bonds. The summed E-state index contributed by atoms with van der Waals surface area (Å²) in [6.45, 7) is 2.76. The van der Waals surface area contributed by atoms with E-state index in [1.807, 2.05) is 13.0 Å². The van der Waals surface area contributed by atoms with E-state index in [1.165, 1.54) is 11.6 Å². The largest absolute Gasteiger partial charge is 0.368 e. The molecule has 0 unspecified atom stereocenters. The normalized spacial score (nSPS) is 10.9. The average molecular weight is 287 g/mol. The molecule has 1 aromatic carbocycles. The minimum atomic E-state index is -0.194. The molecule has 3 nitrogen and oxygen atoms in total. The molecule has 1 N–H and O–H groups in total. The topological polar surface area (TPSA) is 37.8 Å². The van der Waals surface area contributed by atoms with Crippen LogP contribution in [0.2, 0.25) is 0 Å². The molecule has 0 fully saturated rings. The lowest BCUT2D eigenvalue weighted by Gasteiger charge is -2.06. The van der Waals surface area contributed by atoms with Crippen molar-refractivity contribution in [3.05, 3.63) is 52.9 Å². The average Bonchev–Trinajstić information content (AvgIpc) is 2.82. The highest BCUT2D eigenvalue weighted by Crippen LogP contribution is 2.28. The zero-order valence-electron chi connectivity index (χ0n) is 11.1. The molecule has 102 valence electrons. The van der Waals surface area contributed by atoms with E-state index in [0.29, 0.717) is 6.54 Å². The number of aromatic nitrogens is 2. The van der Waals surface area contributed by atoms with Crippen molar-refractivity contribution in [2.75, 3.05) is 11.9 Å². The van der Waals surface area contributed by atoms with Gasteiger partial charge in [-0.1, -0.05) is 12.1 Å². The molecule has 0 aliphatic carbocycles. The lowest BCUT2D eigenvalue weighted by Crippen LogP contribution is -2.06. The summed E-state index contributed by atoms with van der Waals surface area (Å²) in [6, 6.07) is 6.68. The highest BCUT2D eigenvalue weighted by Gasteiger charge is 2.07. The van der Waals surface area contributed by atoms with Gasteiger partial charge in [-0.3, -0.25) is 0 Å². The molecule has 0 aliphatic rings. The van der Waals surface area contributed by atoms with Crippen molar-refractivity contribution >= 4 is 27.4 Å². The smallest absolute Gasteiger partial charge is 0.147 e. The van der Waals surface area contributed by atoms with Gasteiger partial charge in [0.15, 0.2) is 0 Å². The molecular weight excluding hydrogens is 273 g/mol. The number of benzene rings is 1. The fourth-order valence-corrected chi connectivity index (χ4v) is 3.08. The van der Waals surface area contributed by atoms with E-state index in [2.05, 4.69) is 20.7 Å². The van der Waals surface area contributed by atoms with E-state index in [1.54, 1.807) is 29.8 Å². The van der Waals surface area contributed by atoms with Crippen molar-refractivity contribution < 1.29 is 4.39 Å². The van der Waals surface area contributed by atoms with Gasteiger partial charge in [0.05, 0.1) is 10.2 Å². The van der Waals surface area contributed by atoms with Crippen LogP contribution < -0.4 is 5.32 Å². The lowest BCUT2D eigenvalue weighted by atomic mass is 10.1. The molecular formula is C15H14FN3S. The van der Waals surface area contributed by atoms with Crippen molar-refractivity contribution in [1.29, 1.82) is 0 Å². The van der Waals surface area contributed by atoms with Crippen molar-refractivity contribution in [1.82, 2.24) is 9.97 Å². The molecule has 0 aliphatic heterocycles. The molecule has 2 aromatic heterocycles. The van der Waals surface area contributed by atoms with Crippen LogP contribution in [-0.4, -0.2) is 16.5 Å². The molecule has 0 radical (unpaired) electrons. The van der Waals surface area contributed by atoms with Gasteiger partial charge in [0, 0.05) is 6.54 Å². The van der Waals surface area contributed by atoms with Gasteiger partial charge in [0.25, 0.3) is 0 Å². The van der Waals surface area contributed by atoms with Crippen LogP contribution in [0, 0.1) is 12.7 Å². The summed E-state index contributed by atoms with van der Waals surface area (Å²) in [6.07, 6.45) is 2.33. The van der Waals surface area contributed by atoms with Gasteiger partial charge in [-0.15, -0.1) is 11.3 Å². The van der Waals surface area contributed by atoms with Gasteiger partial charge in [-0.25, -0.2) is 14.4 Å². The molecule has 2 heterocycles. The van der Waals surface area contributed by atoms with E-state index in [0.717, 1.165) is 28.0 Å². The number of anilines is 1. The number of aryl methyl sites for hydroxylation is 1. The second-order valence-electron chi connectivity index (χ2n) is 4.63. The van der Waals surface area contributed by atoms with Crippen LogP contribution in [0.1, 0.15) is 11.1 Å². The summed E-state index contributed by atoms with van der Waals surface area (Å²) in [4.78, 5) is 8.57. The number of nitrogens with zero attached hydrogens (tertiary/aromatic N) is 2. The molecule has 3 rings (SSSR count). The first-order chi connectivity index (χ1) is 9.74. The lowest BCUT2D eigenvalue weighted by molar-refractivity contribution is 0.625. The maximum absolute atomic E-state index is 13.1. The van der Waals surface area contributed by atoms with E-state index >= 15 is 0 Å². The Labute approximate surface area is 120 Å². The summed E-state index contributed by atoms with van der Waals surface area (Å²) in [5.74, 6) is 0.658. The van der Waals surface area contributed by atoms with Gasteiger partial charge in [-0.05, 0) is 42.0 Å². The van der Waals surface area contributed by atoms with E-state index in [4.69, 9.17) is 0 Å². The maximum atomic E-state index is 13.1. The molecule has 0 bridgehead atoms. The molecule has 0 atom stereocenters.